The number of anilines is 3. The van der Waals surface area contributed by atoms with E-state index in [1.165, 1.54) is 43.0 Å². The highest BCUT2D eigenvalue weighted by molar-refractivity contribution is 8.04. The number of thioether (sulfide) groups is 2. The van der Waals surface area contributed by atoms with Crippen LogP contribution in [-0.4, -0.2) is 94.6 Å². The molecule has 111 heavy (non-hydrogen) atoms. The first kappa shape index (κ1) is 84.5. The highest BCUT2D eigenvalue weighted by Crippen LogP contribution is 2.51. The van der Waals surface area contributed by atoms with E-state index >= 15 is 0 Å². The van der Waals surface area contributed by atoms with E-state index in [4.69, 9.17) is 54.9 Å². The SMILES string of the molecule is CCOC(=O)NC1(c2ccccc2)CC1.N#CSc1nc(Cl)ncc1[N+](=O)[O-].N#CSc1nc(NC2(c3ccccc3)CC2)ncc1[N+](=O)[O-].NC1(c2ccccc2)CC1.NCC1CCC(CN)CC1.NCC1CCC(CNc2nc(NC3(c4ccccc4)CC3)ncc2[N+](=O)[O-])CC1.O=C(O)C1(c2ccccc2)CC1. The van der Waals surface area contributed by atoms with Crippen molar-refractivity contribution in [3.63, 3.8) is 0 Å². The number of aliphatic carboxylic acids is 1. The minimum atomic E-state index is -0.686. The van der Waals surface area contributed by atoms with Crippen LogP contribution in [0.4, 0.5) is 39.6 Å². The third-order valence-corrected chi connectivity index (χ3v) is 22.1. The molecular formula is C79H94ClN19O10S2. The van der Waals surface area contributed by atoms with E-state index in [9.17, 15) is 39.9 Å². The normalized spacial score (nSPS) is 19.2. The monoisotopic (exact) mass is 1570 g/mol. The van der Waals surface area contributed by atoms with Gasteiger partial charge < -0.3 is 54.0 Å². The van der Waals surface area contributed by atoms with E-state index < -0.39 is 26.2 Å². The summed E-state index contributed by atoms with van der Waals surface area (Å²) in [6.07, 6.45) is 22.5. The maximum Gasteiger partial charge on any atom is 0.407 e. The van der Waals surface area contributed by atoms with E-state index in [1.807, 2.05) is 140 Å². The number of hydrogen-bond acceptors (Lipinski definition) is 26. The van der Waals surface area contributed by atoms with Crippen LogP contribution in [0.2, 0.25) is 5.28 Å². The first-order chi connectivity index (χ1) is 53.6. The zero-order valence-corrected chi connectivity index (χ0v) is 64.2. The molecule has 5 aromatic carbocycles. The number of halogens is 1. The van der Waals surface area contributed by atoms with Gasteiger partial charge in [0.15, 0.2) is 10.1 Å². The minimum absolute atomic E-state index is 0.0429. The Kier molecular flexibility index (Phi) is 30.8. The number of nitrogens with one attached hydrogen (secondary N) is 4. The molecule has 3 aromatic heterocycles. The second-order valence-electron chi connectivity index (χ2n) is 28.4. The number of hydrogen-bond donors (Lipinski definition) is 9. The first-order valence-electron chi connectivity index (χ1n) is 37.1. The number of alkyl carbamates (subject to hydrolysis) is 1. The van der Waals surface area contributed by atoms with Gasteiger partial charge in [0.25, 0.3) is 0 Å². The van der Waals surface area contributed by atoms with E-state index in [0.29, 0.717) is 60.4 Å². The van der Waals surface area contributed by atoms with Crippen LogP contribution in [0.15, 0.2) is 180 Å². The van der Waals surface area contributed by atoms with Crippen molar-refractivity contribution in [3.8, 4) is 10.8 Å². The molecule has 7 fully saturated rings. The maximum absolute atomic E-state index is 11.4. The molecule has 0 unspecified atom stereocenters. The van der Waals surface area contributed by atoms with Gasteiger partial charge in [0.1, 0.15) is 29.4 Å². The Hall–Kier alpha value is -10.5. The van der Waals surface area contributed by atoms with Crippen LogP contribution >= 0.6 is 35.1 Å². The fourth-order valence-corrected chi connectivity index (χ4v) is 14.2. The van der Waals surface area contributed by atoms with E-state index in [0.717, 1.165) is 150 Å². The van der Waals surface area contributed by atoms with Gasteiger partial charge in [-0.3, -0.25) is 35.1 Å². The smallest absolute Gasteiger partial charge is 0.407 e. The van der Waals surface area contributed by atoms with Crippen LogP contribution in [0, 0.1) is 75.3 Å². The molecule has 3 heterocycles. The summed E-state index contributed by atoms with van der Waals surface area (Å²) in [6, 6.07) is 49.9. The Balaban J connectivity index is 0.000000155. The molecule has 1 amide bonds. The summed E-state index contributed by atoms with van der Waals surface area (Å²) >= 11 is 6.62. The maximum atomic E-state index is 11.4. The molecule has 29 nitrogen and oxygen atoms in total. The zero-order valence-electron chi connectivity index (χ0n) is 61.8. The van der Waals surface area contributed by atoms with Crippen LogP contribution < -0.4 is 44.2 Å². The molecule has 0 bridgehead atoms. The van der Waals surface area contributed by atoms with Crippen molar-refractivity contribution in [2.24, 2.45) is 46.6 Å². The van der Waals surface area contributed by atoms with Gasteiger partial charge >= 0.3 is 29.1 Å². The topological polar surface area (TPSA) is 470 Å². The van der Waals surface area contributed by atoms with Crippen molar-refractivity contribution in [3.05, 3.63) is 234 Å². The summed E-state index contributed by atoms with van der Waals surface area (Å²) < 4.78 is 4.89. The number of benzene rings is 5. The van der Waals surface area contributed by atoms with Crippen molar-refractivity contribution in [1.29, 1.82) is 10.5 Å². The lowest BCUT2D eigenvalue weighted by Gasteiger charge is -2.27. The lowest BCUT2D eigenvalue weighted by Crippen LogP contribution is -2.35. The minimum Gasteiger partial charge on any atom is -0.481 e. The number of carboxylic acids is 1. The summed E-state index contributed by atoms with van der Waals surface area (Å²) in [5, 5.41) is 74.9. The van der Waals surface area contributed by atoms with Gasteiger partial charge in [0.2, 0.25) is 23.0 Å². The number of nitrogens with two attached hydrogens (primary N) is 4. The number of carbonyl (C=O) groups is 2. The Morgan fingerprint density at radius 2 is 0.883 bits per heavy atom. The fourth-order valence-electron chi connectivity index (χ4n) is 13.2. The molecule has 7 saturated carbocycles. The molecule has 13 N–H and O–H groups in total. The summed E-state index contributed by atoms with van der Waals surface area (Å²) in [5.41, 5.74) is 26.8. The molecular weight excluding hydrogens is 1470 g/mol. The summed E-state index contributed by atoms with van der Waals surface area (Å²) in [5.74, 6) is 3.01. The molecule has 0 spiro atoms. The van der Waals surface area contributed by atoms with Crippen molar-refractivity contribution in [2.45, 2.75) is 160 Å². The number of aromatic nitrogens is 6. The molecule has 0 radical (unpaired) electrons. The average Bonchev–Trinajstić information content (AvgIpc) is 1.62. The van der Waals surface area contributed by atoms with Gasteiger partial charge in [0, 0.05) is 35.6 Å². The molecule has 0 saturated heterocycles. The molecule has 0 atom stereocenters. The third-order valence-electron chi connectivity index (χ3n) is 20.7. The standard InChI is InChI=1S/C21H28N6O2.C14H11N5O2S.C12H15NO2.C10H10O2.C9H11N.C8H18N2.C5HClN4O2S/c22-12-15-6-8-16(9-7-15)13-23-19-18(27(28)29)14-24-20(25-19)26-21(10-11-21)17-4-2-1-3-5-17;15-9-22-12-11(19(20)21)8-16-13(17-12)18-14(6-7-14)10-4-2-1-3-5-10;1-2-15-11(14)13-12(8-9-12)10-6-4-3-5-7-10;11-9(12)10(6-7-10)8-4-2-1-3-5-8;10-9(6-7-9)8-4-2-1-3-5-8;9-5-7-1-2-8(6-10)4-3-7;6-5-8-1-3(10(11)12)4(9-5)13-2-7/h1-5,14-16H,6-13,22H2,(H2,23,24,25,26);1-5,8H,6-7H2,(H,16,17,18);3-7H,2,8-9H2,1H3,(H,13,14);1-5H,6-7H2,(H,11,12);1-5H,6-7,10H2;7-8H,1-6,9-10H2;1H. The lowest BCUT2D eigenvalue weighted by atomic mass is 9.82. The molecule has 0 aliphatic heterocycles. The van der Waals surface area contributed by atoms with Crippen LogP contribution in [0.5, 0.6) is 0 Å². The predicted octanol–water partition coefficient (Wildman–Crippen LogP) is 14.9. The molecule has 32 heteroatoms. The summed E-state index contributed by atoms with van der Waals surface area (Å²) in [4.78, 5) is 77.0. The molecule has 7 aliphatic rings. The Morgan fingerprint density at radius 3 is 1.24 bits per heavy atom. The van der Waals surface area contributed by atoms with Gasteiger partial charge in [-0.15, -0.1) is 0 Å². The lowest BCUT2D eigenvalue weighted by molar-refractivity contribution is -0.388. The largest absolute Gasteiger partial charge is 0.481 e. The number of nitriles is 2. The Bertz CT molecular complexity index is 4440. The van der Waals surface area contributed by atoms with Crippen LogP contribution in [0.25, 0.3) is 0 Å². The number of carboxylic acid groups (broad SMARTS) is 1. The number of ether oxygens (including phenoxy) is 1. The number of nitro groups is 3. The number of carbonyl (C=O) groups excluding carboxylic acids is 1. The fraction of sp³-hybridized carbons (Fsp3) is 0.418. The van der Waals surface area contributed by atoms with E-state index in [2.05, 4.69) is 75.4 Å². The van der Waals surface area contributed by atoms with Gasteiger partial charge in [-0.1, -0.05) is 152 Å². The Morgan fingerprint density at radius 1 is 0.523 bits per heavy atom. The van der Waals surface area contributed by atoms with Crippen molar-refractivity contribution < 1.29 is 34.2 Å². The van der Waals surface area contributed by atoms with Crippen LogP contribution in [0.3, 0.4) is 0 Å². The number of thiocyanates is 2. The average molecular weight is 1570 g/mol. The highest BCUT2D eigenvalue weighted by Gasteiger charge is 2.52. The van der Waals surface area contributed by atoms with Gasteiger partial charge in [0.05, 0.1) is 43.4 Å². The number of amides is 1. The van der Waals surface area contributed by atoms with Crippen LogP contribution in [0.1, 0.15) is 150 Å². The highest BCUT2D eigenvalue weighted by atomic mass is 35.5. The van der Waals surface area contributed by atoms with E-state index in [1.54, 1.807) is 5.40 Å². The van der Waals surface area contributed by atoms with E-state index in [-0.39, 0.29) is 66.5 Å². The molecule has 8 aromatic rings. The zero-order chi connectivity index (χ0) is 79.4. The van der Waals surface area contributed by atoms with Gasteiger partial charge in [-0.25, -0.2) is 24.7 Å². The third kappa shape index (κ3) is 24.5. The van der Waals surface area contributed by atoms with Crippen molar-refractivity contribution in [1.82, 2.24) is 35.2 Å². The Labute approximate surface area is 658 Å². The van der Waals surface area contributed by atoms with Crippen molar-refractivity contribution >= 4 is 82.0 Å². The summed E-state index contributed by atoms with van der Waals surface area (Å²) in [7, 11) is 0. The van der Waals surface area contributed by atoms with Gasteiger partial charge in [-0.05, 0) is 205 Å². The first-order valence-corrected chi connectivity index (χ1v) is 39.1. The molecule has 7 aliphatic carbocycles. The number of rotatable bonds is 23. The second kappa shape index (κ2) is 40.4. The van der Waals surface area contributed by atoms with Crippen molar-refractivity contribution in [2.75, 3.05) is 48.7 Å². The number of nitrogens with zero attached hydrogens (tertiary/aromatic N) is 11. The van der Waals surface area contributed by atoms with Gasteiger partial charge in [-0.2, -0.15) is 20.5 Å². The quantitative estimate of drug-likeness (QED) is 0.00717. The second-order valence-corrected chi connectivity index (χ2v) is 30.3. The summed E-state index contributed by atoms with van der Waals surface area (Å²) in [6.45, 7) is 5.39. The molecule has 15 rings (SSSR count). The predicted molar refractivity (Wildman–Crippen MR) is 427 cm³/mol. The van der Waals surface area contributed by atoms with Crippen LogP contribution in [-0.2, 0) is 37.1 Å². The molecule has 584 valence electrons.